The molecule has 6 heteroatoms. The summed E-state index contributed by atoms with van der Waals surface area (Å²) in [5.41, 5.74) is -1.46. The van der Waals surface area contributed by atoms with Gasteiger partial charge in [-0.3, -0.25) is 9.59 Å². The van der Waals surface area contributed by atoms with Crippen molar-refractivity contribution in [1.29, 1.82) is 0 Å². The Hall–Kier alpha value is -1.66. The van der Waals surface area contributed by atoms with E-state index in [1.807, 2.05) is 0 Å². The van der Waals surface area contributed by atoms with Crippen LogP contribution in [-0.4, -0.2) is 46.6 Å². The molecule has 0 unspecified atom stereocenters. The molecule has 152 valence electrons. The molecule has 0 aromatic rings. The number of carboxylic acid groups (broad SMARTS) is 1. The number of fused-ring (bicyclic) bond motifs is 1. The summed E-state index contributed by atoms with van der Waals surface area (Å²) < 4.78 is 12.0. The summed E-state index contributed by atoms with van der Waals surface area (Å²) in [6.07, 6.45) is 3.57. The topological polar surface area (TPSA) is 93.1 Å². The third-order valence-corrected chi connectivity index (χ3v) is 8.88. The number of hydrogen-bond acceptors (Lipinski definition) is 5. The number of aliphatic hydroxyl groups is 1. The lowest BCUT2D eigenvalue weighted by Crippen LogP contribution is -2.59. The molecule has 4 aliphatic carbocycles. The van der Waals surface area contributed by atoms with Gasteiger partial charge in [-0.25, -0.2) is 0 Å². The van der Waals surface area contributed by atoms with Crippen molar-refractivity contribution in [1.82, 2.24) is 0 Å². The molecule has 6 nitrogen and oxygen atoms in total. The molecular weight excluding hydrogens is 360 g/mol. The van der Waals surface area contributed by atoms with Crippen molar-refractivity contribution in [2.75, 3.05) is 6.61 Å². The highest BCUT2D eigenvalue weighted by Crippen LogP contribution is 2.78. The Morgan fingerprint density at radius 1 is 1.39 bits per heavy atom. The lowest BCUT2D eigenvalue weighted by molar-refractivity contribution is -0.168. The maximum Gasteiger partial charge on any atom is 0.315 e. The van der Waals surface area contributed by atoms with Crippen molar-refractivity contribution in [2.24, 2.45) is 34.5 Å². The van der Waals surface area contributed by atoms with Gasteiger partial charge >= 0.3 is 11.9 Å². The Balaban J connectivity index is 1.69. The summed E-state index contributed by atoms with van der Waals surface area (Å²) >= 11 is 0. The van der Waals surface area contributed by atoms with E-state index in [9.17, 15) is 19.8 Å². The molecule has 1 saturated heterocycles. The third kappa shape index (κ3) is 1.82. The number of rotatable bonds is 4. The van der Waals surface area contributed by atoms with Gasteiger partial charge in [-0.05, 0) is 43.9 Å². The van der Waals surface area contributed by atoms with Crippen LogP contribution in [0.1, 0.15) is 39.0 Å². The van der Waals surface area contributed by atoms with E-state index in [2.05, 4.69) is 13.2 Å². The van der Waals surface area contributed by atoms with Crippen molar-refractivity contribution in [3.05, 3.63) is 24.8 Å². The number of hydrogen-bond donors (Lipinski definition) is 2. The molecule has 0 aromatic heterocycles. The maximum absolute atomic E-state index is 13.1. The van der Waals surface area contributed by atoms with Gasteiger partial charge in [0.1, 0.15) is 11.0 Å². The van der Waals surface area contributed by atoms with E-state index >= 15 is 0 Å². The first-order valence-electron chi connectivity index (χ1n) is 10.3. The van der Waals surface area contributed by atoms with E-state index in [4.69, 9.17) is 9.47 Å². The largest absolute Gasteiger partial charge is 0.481 e. The Bertz CT molecular complexity index is 790. The summed E-state index contributed by atoms with van der Waals surface area (Å²) in [6.45, 7) is 9.86. The van der Waals surface area contributed by atoms with Gasteiger partial charge in [0.2, 0.25) is 0 Å². The van der Waals surface area contributed by atoms with E-state index in [1.54, 1.807) is 13.0 Å². The summed E-state index contributed by atoms with van der Waals surface area (Å²) in [6, 6.07) is 0. The zero-order chi connectivity index (χ0) is 20.1. The van der Waals surface area contributed by atoms with Crippen molar-refractivity contribution in [3.63, 3.8) is 0 Å². The van der Waals surface area contributed by atoms with Crippen molar-refractivity contribution in [3.8, 4) is 0 Å². The van der Waals surface area contributed by atoms with Crippen LogP contribution in [0.5, 0.6) is 0 Å². The van der Waals surface area contributed by atoms with Gasteiger partial charge in [-0.1, -0.05) is 18.2 Å². The molecule has 0 aromatic carbocycles. The highest BCUT2D eigenvalue weighted by atomic mass is 16.6. The number of esters is 1. The van der Waals surface area contributed by atoms with Gasteiger partial charge < -0.3 is 19.7 Å². The van der Waals surface area contributed by atoms with Gasteiger partial charge in [0, 0.05) is 18.3 Å². The van der Waals surface area contributed by atoms with Crippen LogP contribution in [0.25, 0.3) is 0 Å². The molecule has 4 saturated carbocycles. The number of allylic oxidation sites excluding steroid dienone is 1. The lowest BCUT2D eigenvalue weighted by Gasteiger charge is -2.47. The van der Waals surface area contributed by atoms with E-state index in [-0.39, 0.29) is 12.5 Å². The van der Waals surface area contributed by atoms with E-state index in [1.165, 1.54) is 0 Å². The molecule has 0 amide bonds. The van der Waals surface area contributed by atoms with Gasteiger partial charge in [0.15, 0.2) is 0 Å². The maximum atomic E-state index is 13.1. The first-order chi connectivity index (χ1) is 13.2. The Labute approximate surface area is 164 Å². The monoisotopic (exact) mass is 388 g/mol. The fraction of sp³-hybridized carbons (Fsp3) is 0.727. The second kappa shape index (κ2) is 5.48. The van der Waals surface area contributed by atoms with E-state index in [0.717, 1.165) is 24.8 Å². The molecule has 1 heterocycles. The summed E-state index contributed by atoms with van der Waals surface area (Å²) in [4.78, 5) is 25.7. The number of carbonyl (C=O) groups excluding carboxylic acids is 1. The average Bonchev–Trinajstić information content (AvgIpc) is 3.10. The molecule has 1 spiro atoms. The first kappa shape index (κ1) is 18.4. The molecular formula is C22H28O6. The van der Waals surface area contributed by atoms with Gasteiger partial charge in [-0.15, -0.1) is 6.58 Å². The lowest BCUT2D eigenvalue weighted by atomic mass is 9.58. The van der Waals surface area contributed by atoms with Crippen molar-refractivity contribution < 1.29 is 29.3 Å². The Morgan fingerprint density at radius 2 is 2.14 bits per heavy atom. The normalized spacial score (nSPS) is 53.5. The van der Waals surface area contributed by atoms with Crippen molar-refractivity contribution >= 4 is 11.9 Å². The molecule has 2 N–H and O–H groups in total. The van der Waals surface area contributed by atoms with Crippen LogP contribution in [0.3, 0.4) is 0 Å². The number of ether oxygens (including phenoxy) is 2. The molecule has 5 fully saturated rings. The molecule has 28 heavy (non-hydrogen) atoms. The fourth-order valence-electron chi connectivity index (χ4n) is 8.04. The minimum absolute atomic E-state index is 0.0327. The average molecular weight is 388 g/mol. The zero-order valence-electron chi connectivity index (χ0n) is 16.2. The van der Waals surface area contributed by atoms with Gasteiger partial charge in [0.05, 0.1) is 24.7 Å². The summed E-state index contributed by atoms with van der Waals surface area (Å²) in [5.74, 6) is -2.29. The van der Waals surface area contributed by atoms with Gasteiger partial charge in [-0.2, -0.15) is 0 Å². The highest BCUT2D eigenvalue weighted by Gasteiger charge is 2.84. The molecule has 5 rings (SSSR count). The quantitative estimate of drug-likeness (QED) is 0.567. The number of carbonyl (C=O) groups is 2. The molecule has 9 atom stereocenters. The minimum Gasteiger partial charge on any atom is -0.481 e. The molecule has 1 aliphatic heterocycles. The summed E-state index contributed by atoms with van der Waals surface area (Å²) in [7, 11) is 0. The van der Waals surface area contributed by atoms with Crippen LogP contribution in [0.15, 0.2) is 24.8 Å². The van der Waals surface area contributed by atoms with E-state index < -0.39 is 52.4 Å². The molecule has 0 radical (unpaired) electrons. The van der Waals surface area contributed by atoms with E-state index in [0.29, 0.717) is 18.8 Å². The second-order valence-electron chi connectivity index (χ2n) is 9.83. The molecule has 4 bridgehead atoms. The standard InChI is InChI=1S/C22H28O6/c1-4-7-27-13-10-22-14-6-5-12-9-21(14,8-11(12)2)15(18(24)25)16(22)20(3,17(13)23)19(26)28-22/h4,12-17,23H,1-2,5-10H2,3H3,(H,24,25)/t12-,13-,14-,15-,16-,17+,20+,21+,22-/m1/s1. The van der Waals surface area contributed by atoms with Crippen LogP contribution in [0, 0.1) is 34.5 Å². The van der Waals surface area contributed by atoms with Crippen LogP contribution in [0.2, 0.25) is 0 Å². The number of aliphatic carboxylic acids is 1. The zero-order valence-corrected chi connectivity index (χ0v) is 16.2. The fourth-order valence-corrected chi connectivity index (χ4v) is 8.04. The third-order valence-electron chi connectivity index (χ3n) is 8.88. The number of carboxylic acids is 1. The predicted molar refractivity (Wildman–Crippen MR) is 99.1 cm³/mol. The summed E-state index contributed by atoms with van der Waals surface area (Å²) in [5, 5.41) is 21.5. The SMILES string of the molecule is C=CCO[C@@H]1C[C@]23OC(=O)[C@](C)([C@H]1O)[C@H]2[C@H](C(=O)O)[C@]12CC(=C)[C@H](CC[C@H]13)C2. The second-order valence-corrected chi connectivity index (χ2v) is 9.83. The van der Waals surface area contributed by atoms with Crippen LogP contribution >= 0.6 is 0 Å². The minimum atomic E-state index is -1.28. The highest BCUT2D eigenvalue weighted by molar-refractivity contribution is 5.85. The van der Waals surface area contributed by atoms with Crippen LogP contribution < -0.4 is 0 Å². The van der Waals surface area contributed by atoms with Crippen LogP contribution in [-0.2, 0) is 19.1 Å². The van der Waals surface area contributed by atoms with Crippen LogP contribution in [0.4, 0.5) is 0 Å². The Morgan fingerprint density at radius 3 is 2.82 bits per heavy atom. The first-order valence-corrected chi connectivity index (χ1v) is 10.3. The van der Waals surface area contributed by atoms with Crippen molar-refractivity contribution in [2.45, 2.75) is 56.8 Å². The number of aliphatic hydroxyl groups excluding tert-OH is 1. The predicted octanol–water partition coefficient (Wildman–Crippen LogP) is 2.32. The smallest absolute Gasteiger partial charge is 0.315 e. The molecule has 5 aliphatic rings. The Kier molecular flexibility index (Phi) is 3.60. The van der Waals surface area contributed by atoms with Gasteiger partial charge in [0.25, 0.3) is 0 Å².